The van der Waals surface area contributed by atoms with E-state index in [1.165, 1.54) is 0 Å². The van der Waals surface area contributed by atoms with Crippen LogP contribution < -0.4 is 15.8 Å². The number of aromatic nitrogens is 1. The molecule has 2 aliphatic rings. The molecule has 1 aliphatic heterocycles. The van der Waals surface area contributed by atoms with E-state index in [4.69, 9.17) is 0 Å². The highest BCUT2D eigenvalue weighted by molar-refractivity contribution is 6.07. The molecule has 0 radical (unpaired) electrons. The van der Waals surface area contributed by atoms with Crippen LogP contribution in [0.25, 0.3) is 0 Å². The monoisotopic (exact) mass is 458 g/mol. The molecule has 1 aliphatic carbocycles. The number of rotatable bonds is 4. The maximum absolute atomic E-state index is 13.5. The van der Waals surface area contributed by atoms with E-state index in [-0.39, 0.29) is 12.0 Å². The van der Waals surface area contributed by atoms with E-state index in [2.05, 4.69) is 38.9 Å². The van der Waals surface area contributed by atoms with Gasteiger partial charge in [0.2, 0.25) is 5.56 Å². The lowest BCUT2D eigenvalue weighted by Gasteiger charge is -2.39. The lowest BCUT2D eigenvalue weighted by molar-refractivity contribution is -0.138. The van der Waals surface area contributed by atoms with Crippen LogP contribution in [-0.2, 0) is 6.18 Å². The number of amides is 1. The van der Waals surface area contributed by atoms with Gasteiger partial charge in [-0.15, -0.1) is 5.92 Å². The van der Waals surface area contributed by atoms with Crippen LogP contribution in [0, 0.1) is 11.8 Å². The highest BCUT2D eigenvalue weighted by Gasteiger charge is 2.36. The van der Waals surface area contributed by atoms with Crippen molar-refractivity contribution in [2.24, 2.45) is 0 Å². The van der Waals surface area contributed by atoms with E-state index in [1.807, 2.05) is 19.2 Å². The van der Waals surface area contributed by atoms with E-state index >= 15 is 0 Å². The summed E-state index contributed by atoms with van der Waals surface area (Å²) in [5.74, 6) is 5.32. The lowest BCUT2D eigenvalue weighted by atomic mass is 9.97. The van der Waals surface area contributed by atoms with Crippen molar-refractivity contribution in [1.82, 2.24) is 9.88 Å². The molecule has 1 fully saturated rings. The number of nitrogens with one attached hydrogen (secondary N) is 2. The molecule has 9 heteroatoms. The maximum Gasteiger partial charge on any atom is 0.417 e. The summed E-state index contributed by atoms with van der Waals surface area (Å²) < 4.78 is 40.5. The van der Waals surface area contributed by atoms with Crippen LogP contribution in [0.15, 0.2) is 35.3 Å². The zero-order valence-electron chi connectivity index (χ0n) is 18.4. The number of nitrogens with zero attached hydrogens (tertiary/aromatic N) is 2. The Labute approximate surface area is 189 Å². The summed E-state index contributed by atoms with van der Waals surface area (Å²) >= 11 is 0. The number of H-pyrrole nitrogens is 1. The number of halogens is 3. The molecule has 1 unspecified atom stereocenters. The molecular weight excluding hydrogens is 433 g/mol. The van der Waals surface area contributed by atoms with E-state index in [0.29, 0.717) is 18.3 Å². The molecule has 1 aromatic heterocycles. The van der Waals surface area contributed by atoms with Gasteiger partial charge < -0.3 is 20.1 Å². The highest BCUT2D eigenvalue weighted by atomic mass is 19.4. The van der Waals surface area contributed by atoms with Crippen molar-refractivity contribution in [2.75, 3.05) is 36.9 Å². The molecule has 1 amide bonds. The number of carbonyl (C=O) groups excluding carboxylic acids is 1. The number of aromatic amines is 1. The summed E-state index contributed by atoms with van der Waals surface area (Å²) in [5, 5.41) is 2.68. The fourth-order valence-electron chi connectivity index (χ4n) is 4.23. The van der Waals surface area contributed by atoms with Crippen molar-refractivity contribution < 1.29 is 18.0 Å². The summed E-state index contributed by atoms with van der Waals surface area (Å²) in [6.07, 6.45) is -2.39. The molecule has 1 saturated heterocycles. The molecule has 174 valence electrons. The predicted molar refractivity (Wildman–Crippen MR) is 121 cm³/mol. The highest BCUT2D eigenvalue weighted by Crippen LogP contribution is 2.35. The Morgan fingerprint density at radius 3 is 2.70 bits per heavy atom. The van der Waals surface area contributed by atoms with Crippen molar-refractivity contribution in [1.29, 1.82) is 0 Å². The SMILES string of the molecule is C[C@H]1CN(c2ccc(C3C#CCC3)cc2NC(=O)c2c[nH]c(=O)cc2C(F)(F)F)CCN1C. The quantitative estimate of drug-likeness (QED) is 0.687. The fourth-order valence-corrected chi connectivity index (χ4v) is 4.23. The van der Waals surface area contributed by atoms with Gasteiger partial charge in [0.25, 0.3) is 5.91 Å². The number of piperazine rings is 1. The van der Waals surface area contributed by atoms with Gasteiger partial charge in [0, 0.05) is 50.3 Å². The van der Waals surface area contributed by atoms with Gasteiger partial charge in [-0.1, -0.05) is 12.0 Å². The van der Waals surface area contributed by atoms with E-state index in [1.54, 1.807) is 6.07 Å². The zero-order valence-corrected chi connectivity index (χ0v) is 18.4. The Bertz CT molecular complexity index is 1180. The van der Waals surface area contributed by atoms with Crippen LogP contribution in [0.3, 0.4) is 0 Å². The first-order chi connectivity index (χ1) is 15.6. The van der Waals surface area contributed by atoms with Crippen LogP contribution in [0.1, 0.15) is 47.2 Å². The fraction of sp³-hybridized carbons (Fsp3) is 0.417. The Morgan fingerprint density at radius 1 is 1.24 bits per heavy atom. The standard InChI is InChI=1S/C24H25F3N4O2/c1-15-14-31(10-9-30(15)2)21-8-7-17(16-5-3-4-6-16)11-20(21)29-23(33)18-13-28-22(32)12-19(18)24(25,26)27/h7-8,11-13,15-16H,3,5,9-10,14H2,1-2H3,(H,28,32)(H,29,33)/t15-,16?/m0/s1. The number of hydrogen-bond acceptors (Lipinski definition) is 4. The van der Waals surface area contributed by atoms with Crippen molar-refractivity contribution in [3.63, 3.8) is 0 Å². The van der Waals surface area contributed by atoms with Gasteiger partial charge in [-0.3, -0.25) is 9.59 Å². The third-order valence-electron chi connectivity index (χ3n) is 6.28. The molecule has 2 N–H and O–H groups in total. The number of pyridine rings is 1. The average Bonchev–Trinajstić information content (AvgIpc) is 3.30. The molecule has 0 spiro atoms. The summed E-state index contributed by atoms with van der Waals surface area (Å²) in [5.41, 5.74) is -0.730. The van der Waals surface area contributed by atoms with Crippen molar-refractivity contribution in [2.45, 2.75) is 37.9 Å². The number of benzene rings is 1. The minimum absolute atomic E-state index is 0.0277. The van der Waals surface area contributed by atoms with Crippen LogP contribution in [0.2, 0.25) is 0 Å². The lowest BCUT2D eigenvalue weighted by Crippen LogP contribution is -2.50. The summed E-state index contributed by atoms with van der Waals surface area (Å²) in [4.78, 5) is 31.0. The topological polar surface area (TPSA) is 68.4 Å². The van der Waals surface area contributed by atoms with Crippen LogP contribution >= 0.6 is 0 Å². The number of likely N-dealkylation sites (N-methyl/N-ethyl adjacent to an activating group) is 1. The van der Waals surface area contributed by atoms with Crippen LogP contribution in [0.4, 0.5) is 24.5 Å². The van der Waals surface area contributed by atoms with Gasteiger partial charge in [0.15, 0.2) is 0 Å². The second kappa shape index (κ2) is 8.94. The van der Waals surface area contributed by atoms with Crippen molar-refractivity contribution >= 4 is 17.3 Å². The van der Waals surface area contributed by atoms with Gasteiger partial charge >= 0.3 is 6.18 Å². The third-order valence-corrected chi connectivity index (χ3v) is 6.28. The van der Waals surface area contributed by atoms with E-state index < -0.39 is 28.8 Å². The number of anilines is 2. The van der Waals surface area contributed by atoms with E-state index in [0.717, 1.165) is 43.4 Å². The van der Waals surface area contributed by atoms with Gasteiger partial charge in [0.1, 0.15) is 0 Å². The smallest absolute Gasteiger partial charge is 0.367 e. The molecule has 2 aromatic rings. The minimum Gasteiger partial charge on any atom is -0.367 e. The van der Waals surface area contributed by atoms with Crippen molar-refractivity contribution in [3.8, 4) is 11.8 Å². The second-order valence-electron chi connectivity index (χ2n) is 8.54. The minimum atomic E-state index is -4.84. The first-order valence-corrected chi connectivity index (χ1v) is 10.8. The number of alkyl halides is 3. The molecule has 2 atom stereocenters. The number of hydrogen-bond donors (Lipinski definition) is 2. The summed E-state index contributed by atoms with van der Waals surface area (Å²) in [7, 11) is 2.04. The summed E-state index contributed by atoms with van der Waals surface area (Å²) in [6, 6.07) is 6.36. The Kier molecular flexibility index (Phi) is 6.21. The number of carbonyl (C=O) groups is 1. The second-order valence-corrected chi connectivity index (χ2v) is 8.54. The molecular formula is C24H25F3N4O2. The average molecular weight is 458 g/mol. The molecule has 2 heterocycles. The first kappa shape index (κ1) is 22.9. The summed E-state index contributed by atoms with van der Waals surface area (Å²) in [6.45, 7) is 4.36. The maximum atomic E-state index is 13.5. The Balaban J connectivity index is 1.71. The van der Waals surface area contributed by atoms with Crippen LogP contribution in [0.5, 0.6) is 0 Å². The zero-order chi connectivity index (χ0) is 23.8. The molecule has 0 bridgehead atoms. The van der Waals surface area contributed by atoms with Gasteiger partial charge in [0.05, 0.1) is 22.5 Å². The molecule has 0 saturated carbocycles. The largest absolute Gasteiger partial charge is 0.417 e. The normalized spacial score (nSPS) is 20.9. The van der Waals surface area contributed by atoms with Gasteiger partial charge in [-0.05, 0) is 38.1 Å². The van der Waals surface area contributed by atoms with Crippen molar-refractivity contribution in [3.05, 3.63) is 57.5 Å². The van der Waals surface area contributed by atoms with Crippen LogP contribution in [-0.4, -0.2) is 48.5 Å². The van der Waals surface area contributed by atoms with Gasteiger partial charge in [-0.2, -0.15) is 13.2 Å². The van der Waals surface area contributed by atoms with E-state index in [9.17, 15) is 22.8 Å². The third kappa shape index (κ3) is 4.91. The van der Waals surface area contributed by atoms with Gasteiger partial charge in [-0.25, -0.2) is 0 Å². The predicted octanol–water partition coefficient (Wildman–Crippen LogP) is 3.67. The first-order valence-electron chi connectivity index (χ1n) is 10.8. The Hall–Kier alpha value is -3.25. The molecule has 4 rings (SSSR count). The Morgan fingerprint density at radius 2 is 2.03 bits per heavy atom. The molecule has 6 nitrogen and oxygen atoms in total. The molecule has 33 heavy (non-hydrogen) atoms. The molecule has 1 aromatic carbocycles.